The molecule has 1 aliphatic rings. The monoisotopic (exact) mass is 398 g/mol. The van der Waals surface area contributed by atoms with Gasteiger partial charge in [0.25, 0.3) is 5.91 Å². The van der Waals surface area contributed by atoms with Gasteiger partial charge < -0.3 is 9.84 Å². The first-order chi connectivity index (χ1) is 10.8. The van der Waals surface area contributed by atoms with Gasteiger partial charge in [-0.1, -0.05) is 5.16 Å². The van der Waals surface area contributed by atoms with Gasteiger partial charge >= 0.3 is 0 Å². The first-order valence-electron chi connectivity index (χ1n) is 7.04. The molecule has 1 N–H and O–H groups in total. The van der Waals surface area contributed by atoms with E-state index in [1.807, 2.05) is 0 Å². The minimum Gasteiger partial charge on any atom is -0.359 e. The summed E-state index contributed by atoms with van der Waals surface area (Å²) in [4.78, 5) is 12.6. The Kier molecular flexibility index (Phi) is 4.05. The zero-order valence-corrected chi connectivity index (χ0v) is 15.0. The molecule has 1 saturated carbocycles. The van der Waals surface area contributed by atoms with Crippen LogP contribution in [0.3, 0.4) is 0 Å². The molecular formula is C15H15BrN2O4S. The lowest BCUT2D eigenvalue weighted by Crippen LogP contribution is -2.13. The third kappa shape index (κ3) is 3.32. The predicted molar refractivity (Wildman–Crippen MR) is 88.4 cm³/mol. The molecule has 0 atom stereocenters. The SMILES string of the molecule is Cc1noc(C2CC2)c1NC(=O)c1ccc(S(C)(=O)=O)c(Br)c1. The van der Waals surface area contributed by atoms with Crippen LogP contribution in [0.15, 0.2) is 32.1 Å². The summed E-state index contributed by atoms with van der Waals surface area (Å²) < 4.78 is 28.9. The van der Waals surface area contributed by atoms with Crippen LogP contribution in [0.25, 0.3) is 0 Å². The Labute approximate surface area is 142 Å². The van der Waals surface area contributed by atoms with Crippen LogP contribution in [0.1, 0.15) is 40.6 Å². The largest absolute Gasteiger partial charge is 0.359 e. The third-order valence-electron chi connectivity index (χ3n) is 3.67. The van der Waals surface area contributed by atoms with E-state index in [1.54, 1.807) is 6.92 Å². The van der Waals surface area contributed by atoms with Crippen molar-refractivity contribution < 1.29 is 17.7 Å². The summed E-state index contributed by atoms with van der Waals surface area (Å²) in [6.07, 6.45) is 3.19. The lowest BCUT2D eigenvalue weighted by Gasteiger charge is -2.08. The zero-order chi connectivity index (χ0) is 16.8. The summed E-state index contributed by atoms with van der Waals surface area (Å²) in [5.74, 6) is 0.701. The molecular weight excluding hydrogens is 384 g/mol. The van der Waals surface area contributed by atoms with Gasteiger partial charge in [-0.15, -0.1) is 0 Å². The molecule has 8 heteroatoms. The Morgan fingerprint density at radius 3 is 2.65 bits per heavy atom. The average Bonchev–Trinajstić information content (AvgIpc) is 3.23. The Hall–Kier alpha value is -1.67. The van der Waals surface area contributed by atoms with Gasteiger partial charge in [-0.3, -0.25) is 4.79 Å². The van der Waals surface area contributed by atoms with E-state index >= 15 is 0 Å². The summed E-state index contributed by atoms with van der Waals surface area (Å²) in [5, 5.41) is 6.73. The molecule has 1 aromatic heterocycles. The van der Waals surface area contributed by atoms with E-state index in [2.05, 4.69) is 26.4 Å². The van der Waals surface area contributed by atoms with Crippen LogP contribution >= 0.6 is 15.9 Å². The summed E-state index contributed by atoms with van der Waals surface area (Å²) in [7, 11) is -3.35. The zero-order valence-electron chi connectivity index (χ0n) is 12.6. The highest BCUT2D eigenvalue weighted by Crippen LogP contribution is 2.44. The van der Waals surface area contributed by atoms with Crippen molar-refractivity contribution in [3.05, 3.63) is 39.7 Å². The summed E-state index contributed by atoms with van der Waals surface area (Å²) >= 11 is 3.20. The van der Waals surface area contributed by atoms with Crippen molar-refractivity contribution in [3.8, 4) is 0 Å². The molecule has 1 amide bonds. The number of hydrogen-bond donors (Lipinski definition) is 1. The van der Waals surface area contributed by atoms with Gasteiger partial charge in [0.1, 0.15) is 11.4 Å². The smallest absolute Gasteiger partial charge is 0.255 e. The summed E-state index contributed by atoms with van der Waals surface area (Å²) in [6.45, 7) is 1.77. The van der Waals surface area contributed by atoms with Gasteiger partial charge in [0.2, 0.25) is 0 Å². The first-order valence-corrected chi connectivity index (χ1v) is 9.73. The second-order valence-electron chi connectivity index (χ2n) is 5.65. The highest BCUT2D eigenvalue weighted by molar-refractivity contribution is 9.10. The molecule has 122 valence electrons. The van der Waals surface area contributed by atoms with E-state index < -0.39 is 9.84 Å². The number of anilines is 1. The fraction of sp³-hybridized carbons (Fsp3) is 0.333. The maximum Gasteiger partial charge on any atom is 0.255 e. The molecule has 0 radical (unpaired) electrons. The molecule has 0 unspecified atom stereocenters. The van der Waals surface area contributed by atoms with Crippen LogP contribution in [0, 0.1) is 6.92 Å². The van der Waals surface area contributed by atoms with E-state index in [1.165, 1.54) is 18.2 Å². The fourth-order valence-electron chi connectivity index (χ4n) is 2.29. The van der Waals surface area contributed by atoms with E-state index in [0.717, 1.165) is 19.1 Å². The van der Waals surface area contributed by atoms with Gasteiger partial charge in [-0.05, 0) is 53.9 Å². The minimum atomic E-state index is -3.35. The van der Waals surface area contributed by atoms with Crippen molar-refractivity contribution in [1.82, 2.24) is 5.16 Å². The molecule has 6 nitrogen and oxygen atoms in total. The van der Waals surface area contributed by atoms with Crippen LogP contribution in [0.2, 0.25) is 0 Å². The quantitative estimate of drug-likeness (QED) is 0.853. The summed E-state index contributed by atoms with van der Waals surface area (Å²) in [5.41, 5.74) is 1.60. The number of rotatable bonds is 4. The highest BCUT2D eigenvalue weighted by atomic mass is 79.9. The van der Waals surface area contributed by atoms with Crippen molar-refractivity contribution in [2.24, 2.45) is 0 Å². The van der Waals surface area contributed by atoms with Gasteiger partial charge in [0.15, 0.2) is 15.6 Å². The number of benzene rings is 1. The number of aromatic nitrogens is 1. The molecule has 0 bridgehead atoms. The number of aryl methyl sites for hydroxylation is 1. The number of carbonyl (C=O) groups excluding carboxylic acids is 1. The van der Waals surface area contributed by atoms with Gasteiger partial charge in [0, 0.05) is 22.2 Å². The third-order valence-corrected chi connectivity index (χ3v) is 5.74. The molecule has 3 rings (SSSR count). The van der Waals surface area contributed by atoms with Crippen molar-refractivity contribution >= 4 is 37.4 Å². The maximum absolute atomic E-state index is 12.4. The number of halogens is 1. The van der Waals surface area contributed by atoms with E-state index in [4.69, 9.17) is 4.52 Å². The lowest BCUT2D eigenvalue weighted by molar-refractivity contribution is 0.102. The molecule has 1 aromatic carbocycles. The van der Waals surface area contributed by atoms with E-state index in [0.29, 0.717) is 33.1 Å². The van der Waals surface area contributed by atoms with Crippen molar-refractivity contribution in [3.63, 3.8) is 0 Å². The average molecular weight is 399 g/mol. The van der Waals surface area contributed by atoms with Crippen LogP contribution in [0.4, 0.5) is 5.69 Å². The number of hydrogen-bond acceptors (Lipinski definition) is 5. The van der Waals surface area contributed by atoms with Crippen LogP contribution < -0.4 is 5.32 Å². The molecule has 1 fully saturated rings. The number of nitrogens with zero attached hydrogens (tertiary/aromatic N) is 1. The number of amides is 1. The fourth-order valence-corrected chi connectivity index (χ4v) is 4.28. The van der Waals surface area contributed by atoms with Crippen LogP contribution in [-0.4, -0.2) is 25.7 Å². The number of nitrogens with one attached hydrogen (secondary N) is 1. The maximum atomic E-state index is 12.4. The molecule has 1 aliphatic carbocycles. The van der Waals surface area contributed by atoms with Gasteiger partial charge in [-0.2, -0.15) is 0 Å². The second kappa shape index (κ2) is 5.76. The molecule has 1 heterocycles. The molecule has 23 heavy (non-hydrogen) atoms. The van der Waals surface area contributed by atoms with E-state index in [9.17, 15) is 13.2 Å². The predicted octanol–water partition coefficient (Wildman–Crippen LogP) is 3.28. The minimum absolute atomic E-state index is 0.147. The lowest BCUT2D eigenvalue weighted by atomic mass is 10.2. The molecule has 0 aliphatic heterocycles. The standard InChI is InChI=1S/C15H15BrN2O4S/c1-8-13(14(22-18-8)9-3-4-9)17-15(19)10-5-6-12(11(16)7-10)23(2,20)21/h5-7,9H,3-4H2,1-2H3,(H,17,19). The van der Waals surface area contributed by atoms with E-state index in [-0.39, 0.29) is 10.8 Å². The number of carbonyl (C=O) groups is 1. The second-order valence-corrected chi connectivity index (χ2v) is 8.49. The van der Waals surface area contributed by atoms with Gasteiger partial charge in [0.05, 0.1) is 4.90 Å². The molecule has 0 spiro atoms. The normalized spacial score (nSPS) is 14.7. The Morgan fingerprint density at radius 1 is 1.39 bits per heavy atom. The number of sulfone groups is 1. The van der Waals surface area contributed by atoms with Gasteiger partial charge in [-0.25, -0.2) is 8.42 Å². The Morgan fingerprint density at radius 2 is 2.09 bits per heavy atom. The Balaban J connectivity index is 1.87. The first kappa shape index (κ1) is 16.2. The topological polar surface area (TPSA) is 89.3 Å². The van der Waals surface area contributed by atoms with Crippen molar-refractivity contribution in [2.45, 2.75) is 30.6 Å². The highest BCUT2D eigenvalue weighted by Gasteiger charge is 2.32. The molecule has 2 aromatic rings. The van der Waals surface area contributed by atoms with Crippen LogP contribution in [-0.2, 0) is 9.84 Å². The van der Waals surface area contributed by atoms with Crippen molar-refractivity contribution in [1.29, 1.82) is 0 Å². The Bertz CT molecular complexity index is 885. The van der Waals surface area contributed by atoms with Crippen LogP contribution in [0.5, 0.6) is 0 Å². The molecule has 0 saturated heterocycles. The van der Waals surface area contributed by atoms with Crippen molar-refractivity contribution in [2.75, 3.05) is 11.6 Å². The summed E-state index contributed by atoms with van der Waals surface area (Å²) in [6, 6.07) is 4.39.